The van der Waals surface area contributed by atoms with E-state index < -0.39 is 40.9 Å². The van der Waals surface area contributed by atoms with Crippen LogP contribution in [0.25, 0.3) is 10.2 Å². The van der Waals surface area contributed by atoms with Crippen molar-refractivity contribution in [1.82, 2.24) is 14.8 Å². The van der Waals surface area contributed by atoms with Crippen LogP contribution < -0.4 is 11.1 Å². The SMILES string of the molecule is Nc1nc2ccc(S(=O)(=O)N(C[C@@H](O)[C@H](Cc3ccccc3)NC(=O)OC3COCOC3)OC3CCCC3)cc2s1. The largest absolute Gasteiger partial charge is 0.441 e. The van der Waals surface area contributed by atoms with Gasteiger partial charge in [-0.2, -0.15) is 0 Å². The highest BCUT2D eigenvalue weighted by molar-refractivity contribution is 7.89. The molecule has 2 fully saturated rings. The second kappa shape index (κ2) is 13.4. The number of thiazole rings is 1. The normalized spacial score (nSPS) is 18.5. The molecule has 0 unspecified atom stereocenters. The number of nitrogen functional groups attached to an aromatic ring is 1. The van der Waals surface area contributed by atoms with Crippen LogP contribution in [0.2, 0.25) is 0 Å². The number of carbonyl (C=O) groups is 1. The number of rotatable bonds is 11. The smallest absolute Gasteiger partial charge is 0.407 e. The van der Waals surface area contributed by atoms with Crippen molar-refractivity contribution in [1.29, 1.82) is 0 Å². The minimum Gasteiger partial charge on any atom is -0.441 e. The molecule has 12 nitrogen and oxygen atoms in total. The average molecular weight is 607 g/mol. The van der Waals surface area contributed by atoms with Gasteiger partial charge in [0.2, 0.25) is 0 Å². The van der Waals surface area contributed by atoms with E-state index in [2.05, 4.69) is 10.3 Å². The predicted octanol–water partition coefficient (Wildman–Crippen LogP) is 2.81. The fourth-order valence-corrected chi connectivity index (χ4v) is 7.03. The lowest BCUT2D eigenvalue weighted by Gasteiger charge is -2.31. The molecule has 14 heteroatoms. The third-order valence-corrected chi connectivity index (χ3v) is 9.43. The van der Waals surface area contributed by atoms with Gasteiger partial charge in [0.1, 0.15) is 6.79 Å². The molecule has 2 atom stereocenters. The number of hydrogen-bond donors (Lipinski definition) is 3. The molecular formula is C27H34N4O8S2. The lowest BCUT2D eigenvalue weighted by atomic mass is 10.0. The van der Waals surface area contributed by atoms with E-state index in [9.17, 15) is 18.3 Å². The lowest BCUT2D eigenvalue weighted by molar-refractivity contribution is -0.153. The molecule has 1 amide bonds. The zero-order chi connectivity index (χ0) is 28.8. The molecule has 2 aliphatic rings. The average Bonchev–Trinajstić information content (AvgIpc) is 3.61. The minimum atomic E-state index is -4.21. The van der Waals surface area contributed by atoms with Crippen molar-refractivity contribution >= 4 is 42.8 Å². The van der Waals surface area contributed by atoms with Crippen LogP contribution in [0.15, 0.2) is 53.4 Å². The topological polar surface area (TPSA) is 163 Å². The molecule has 3 aromatic rings. The molecule has 1 aliphatic carbocycles. The molecule has 1 saturated heterocycles. The van der Waals surface area contributed by atoms with E-state index >= 15 is 0 Å². The second-order valence-corrected chi connectivity index (χ2v) is 13.0. The number of sulfonamides is 1. The van der Waals surface area contributed by atoms with Crippen LogP contribution >= 0.6 is 11.3 Å². The minimum absolute atomic E-state index is 0.0110. The summed E-state index contributed by atoms with van der Waals surface area (Å²) < 4.78 is 45.0. The molecule has 0 bridgehead atoms. The number of nitrogens with zero attached hydrogens (tertiary/aromatic N) is 2. The van der Waals surface area contributed by atoms with Gasteiger partial charge in [0.05, 0.1) is 53.1 Å². The Kier molecular flexibility index (Phi) is 9.70. The number of alkyl carbamates (subject to hydrolysis) is 1. The maximum absolute atomic E-state index is 13.9. The highest BCUT2D eigenvalue weighted by atomic mass is 32.2. The van der Waals surface area contributed by atoms with Crippen molar-refractivity contribution in [3.8, 4) is 0 Å². The number of ether oxygens (including phenoxy) is 3. The number of amides is 1. The van der Waals surface area contributed by atoms with E-state index in [0.29, 0.717) is 28.2 Å². The fraction of sp³-hybridized carbons (Fsp3) is 0.481. The van der Waals surface area contributed by atoms with Crippen LogP contribution in [0.5, 0.6) is 0 Å². The molecule has 1 saturated carbocycles. The molecule has 222 valence electrons. The van der Waals surface area contributed by atoms with Crippen LogP contribution in [0.4, 0.5) is 9.93 Å². The fourth-order valence-electron chi connectivity index (χ4n) is 4.86. The first-order chi connectivity index (χ1) is 19.8. The lowest BCUT2D eigenvalue weighted by Crippen LogP contribution is -2.52. The number of hydroxylamine groups is 1. The molecule has 0 radical (unpaired) electrons. The van der Waals surface area contributed by atoms with E-state index in [-0.39, 0.29) is 37.4 Å². The maximum Gasteiger partial charge on any atom is 0.407 e. The number of nitrogens with two attached hydrogens (primary N) is 1. The number of aromatic nitrogens is 1. The van der Waals surface area contributed by atoms with Crippen LogP contribution in [0.1, 0.15) is 31.2 Å². The van der Waals surface area contributed by atoms with E-state index in [1.807, 2.05) is 30.3 Å². The Morgan fingerprint density at radius 3 is 2.61 bits per heavy atom. The molecular weight excluding hydrogens is 572 g/mol. The molecule has 5 rings (SSSR count). The van der Waals surface area contributed by atoms with E-state index in [1.54, 1.807) is 6.07 Å². The number of carbonyl (C=O) groups excluding carboxylic acids is 1. The number of hydrogen-bond acceptors (Lipinski definition) is 11. The van der Waals surface area contributed by atoms with E-state index in [1.165, 1.54) is 23.5 Å². The molecule has 4 N–H and O–H groups in total. The monoisotopic (exact) mass is 606 g/mol. The summed E-state index contributed by atoms with van der Waals surface area (Å²) in [6.07, 6.45) is 0.444. The Morgan fingerprint density at radius 1 is 1.15 bits per heavy atom. The van der Waals surface area contributed by atoms with Gasteiger partial charge in [-0.25, -0.2) is 18.2 Å². The number of aliphatic hydroxyl groups is 1. The maximum atomic E-state index is 13.9. The number of nitrogens with one attached hydrogen (secondary N) is 1. The Hall–Kier alpha value is -2.85. The van der Waals surface area contributed by atoms with E-state index in [0.717, 1.165) is 22.9 Å². The molecule has 2 aromatic carbocycles. The highest BCUT2D eigenvalue weighted by Crippen LogP contribution is 2.30. The van der Waals surface area contributed by atoms with Crippen molar-refractivity contribution in [3.63, 3.8) is 0 Å². The number of anilines is 1. The van der Waals surface area contributed by atoms with Crippen molar-refractivity contribution < 1.29 is 37.4 Å². The van der Waals surface area contributed by atoms with Gasteiger partial charge in [-0.3, -0.25) is 4.84 Å². The quantitative estimate of drug-likeness (QED) is 0.277. The Morgan fingerprint density at radius 2 is 1.88 bits per heavy atom. The van der Waals surface area contributed by atoms with Crippen LogP contribution in [-0.2, 0) is 35.5 Å². The Labute approximate surface area is 242 Å². The molecule has 41 heavy (non-hydrogen) atoms. The van der Waals surface area contributed by atoms with Crippen molar-refractivity contribution in [3.05, 3.63) is 54.1 Å². The first-order valence-electron chi connectivity index (χ1n) is 13.5. The molecule has 1 aromatic heterocycles. The summed E-state index contributed by atoms with van der Waals surface area (Å²) in [7, 11) is -4.21. The third-order valence-electron chi connectivity index (χ3n) is 6.96. The Bertz CT molecular complexity index is 1410. The zero-order valence-electron chi connectivity index (χ0n) is 22.4. The summed E-state index contributed by atoms with van der Waals surface area (Å²) in [5.41, 5.74) is 7.24. The van der Waals surface area contributed by atoms with Gasteiger partial charge in [-0.15, -0.1) is 0 Å². The molecule has 0 spiro atoms. The number of benzene rings is 2. The first-order valence-corrected chi connectivity index (χ1v) is 15.7. The standard InChI is InChI=1S/C27H34N4O8S2/c28-26-29-22-11-10-21(13-25(22)40-26)41(34,35)31(39-19-8-4-5-9-19)14-24(32)23(12-18-6-2-1-3-7-18)30-27(33)38-20-15-36-17-37-16-20/h1-3,6-7,10-11,13,19-20,23-24,32H,4-5,8-9,12,14-17H2,(H2,28,29)(H,30,33)/t23-,24+/m0/s1. The van der Waals surface area contributed by atoms with Gasteiger partial charge >= 0.3 is 6.09 Å². The van der Waals surface area contributed by atoms with Gasteiger partial charge in [0.15, 0.2) is 11.2 Å². The van der Waals surface area contributed by atoms with Crippen LogP contribution in [-0.4, -0.2) is 80.0 Å². The zero-order valence-corrected chi connectivity index (χ0v) is 24.0. The Balaban J connectivity index is 1.37. The van der Waals surface area contributed by atoms with Crippen molar-refractivity contribution in [2.75, 3.05) is 32.3 Å². The van der Waals surface area contributed by atoms with Crippen molar-refractivity contribution in [2.45, 2.75) is 61.4 Å². The summed E-state index contributed by atoms with van der Waals surface area (Å²) >= 11 is 1.18. The molecule has 2 heterocycles. The molecule has 1 aliphatic heterocycles. The third kappa shape index (κ3) is 7.71. The number of fused-ring (bicyclic) bond motifs is 1. The van der Waals surface area contributed by atoms with Gasteiger partial charge < -0.3 is 30.4 Å². The highest BCUT2D eigenvalue weighted by Gasteiger charge is 2.35. The summed E-state index contributed by atoms with van der Waals surface area (Å²) in [5, 5.41) is 14.5. The van der Waals surface area contributed by atoms with Crippen molar-refractivity contribution in [2.24, 2.45) is 0 Å². The number of aliphatic hydroxyl groups excluding tert-OH is 1. The first kappa shape index (κ1) is 29.6. The summed E-state index contributed by atoms with van der Waals surface area (Å²) in [6, 6.07) is 12.9. The van der Waals surface area contributed by atoms with Gasteiger partial charge in [-0.1, -0.05) is 59.0 Å². The van der Waals surface area contributed by atoms with Gasteiger partial charge in [0, 0.05) is 0 Å². The van der Waals surface area contributed by atoms with Gasteiger partial charge in [0.25, 0.3) is 10.0 Å². The van der Waals surface area contributed by atoms with Crippen LogP contribution in [0.3, 0.4) is 0 Å². The van der Waals surface area contributed by atoms with E-state index in [4.69, 9.17) is 24.8 Å². The summed E-state index contributed by atoms with van der Waals surface area (Å²) in [5.74, 6) is 0. The van der Waals surface area contributed by atoms with Crippen LogP contribution in [0, 0.1) is 0 Å². The summed E-state index contributed by atoms with van der Waals surface area (Å²) in [4.78, 5) is 23.0. The predicted molar refractivity (Wildman–Crippen MR) is 151 cm³/mol. The van der Waals surface area contributed by atoms with Gasteiger partial charge in [-0.05, 0) is 43.0 Å². The summed E-state index contributed by atoms with van der Waals surface area (Å²) in [6.45, 7) is 0.0905. The second-order valence-electron chi connectivity index (χ2n) is 10.1.